The van der Waals surface area contributed by atoms with Crippen molar-refractivity contribution >= 4 is 0 Å². The molecule has 132 valence electrons. The van der Waals surface area contributed by atoms with E-state index in [0.717, 1.165) is 48.9 Å². The molecule has 2 fully saturated rings. The zero-order chi connectivity index (χ0) is 16.7. The standard InChI is InChI=1S/C18H23N5O2/c1-2-8-18(9-3-1,22-10-4-5-11-22)17-19-20-21-23(17)14-6-7-15-16(12-14)25-13-24-15/h6-7,12H,1-5,8-11,13H2. The van der Waals surface area contributed by atoms with Gasteiger partial charge >= 0.3 is 0 Å². The molecule has 3 heterocycles. The van der Waals surface area contributed by atoms with Gasteiger partial charge in [-0.25, -0.2) is 0 Å². The summed E-state index contributed by atoms with van der Waals surface area (Å²) in [5.74, 6) is 2.52. The van der Waals surface area contributed by atoms with E-state index in [4.69, 9.17) is 9.47 Å². The van der Waals surface area contributed by atoms with Crippen LogP contribution in [0.4, 0.5) is 0 Å². The Hall–Kier alpha value is -2.15. The lowest BCUT2D eigenvalue weighted by atomic mass is 9.79. The van der Waals surface area contributed by atoms with E-state index < -0.39 is 0 Å². The lowest BCUT2D eigenvalue weighted by molar-refractivity contribution is 0.0595. The largest absolute Gasteiger partial charge is 0.454 e. The van der Waals surface area contributed by atoms with Crippen LogP contribution < -0.4 is 9.47 Å². The third-order valence-corrected chi connectivity index (χ3v) is 5.88. The van der Waals surface area contributed by atoms with E-state index in [9.17, 15) is 0 Å². The number of nitrogens with zero attached hydrogens (tertiary/aromatic N) is 5. The Morgan fingerprint density at radius 2 is 1.72 bits per heavy atom. The van der Waals surface area contributed by atoms with Crippen molar-refractivity contribution in [2.75, 3.05) is 19.9 Å². The van der Waals surface area contributed by atoms with Crippen LogP contribution in [0.15, 0.2) is 18.2 Å². The van der Waals surface area contributed by atoms with Gasteiger partial charge < -0.3 is 9.47 Å². The normalized spacial score (nSPS) is 22.4. The number of hydrogen-bond acceptors (Lipinski definition) is 6. The molecule has 1 aromatic carbocycles. The molecule has 2 aromatic rings. The van der Waals surface area contributed by atoms with Crippen molar-refractivity contribution in [2.24, 2.45) is 0 Å². The Morgan fingerprint density at radius 3 is 2.56 bits per heavy atom. The molecule has 1 saturated heterocycles. The van der Waals surface area contributed by atoms with E-state index in [1.807, 2.05) is 22.9 Å². The second kappa shape index (κ2) is 5.98. The van der Waals surface area contributed by atoms with Crippen LogP contribution in [0, 0.1) is 0 Å². The summed E-state index contributed by atoms with van der Waals surface area (Å²) in [6.45, 7) is 2.57. The smallest absolute Gasteiger partial charge is 0.231 e. The van der Waals surface area contributed by atoms with E-state index >= 15 is 0 Å². The van der Waals surface area contributed by atoms with Gasteiger partial charge in [-0.2, -0.15) is 4.68 Å². The minimum absolute atomic E-state index is 0.0331. The molecule has 1 aliphatic carbocycles. The first-order chi connectivity index (χ1) is 12.4. The Kier molecular flexibility index (Phi) is 3.62. The molecule has 0 spiro atoms. The highest BCUT2D eigenvalue weighted by molar-refractivity contribution is 5.50. The summed E-state index contributed by atoms with van der Waals surface area (Å²) < 4.78 is 12.9. The summed E-state index contributed by atoms with van der Waals surface area (Å²) >= 11 is 0. The van der Waals surface area contributed by atoms with Gasteiger partial charge in [-0.3, -0.25) is 4.90 Å². The van der Waals surface area contributed by atoms with Gasteiger partial charge in [-0.15, -0.1) is 5.10 Å². The Morgan fingerprint density at radius 1 is 0.920 bits per heavy atom. The minimum atomic E-state index is -0.0331. The van der Waals surface area contributed by atoms with Crippen LogP contribution in [0.25, 0.3) is 5.69 Å². The van der Waals surface area contributed by atoms with Crippen molar-refractivity contribution in [3.63, 3.8) is 0 Å². The molecule has 1 aromatic heterocycles. The molecule has 25 heavy (non-hydrogen) atoms. The third-order valence-electron chi connectivity index (χ3n) is 5.88. The van der Waals surface area contributed by atoms with Crippen LogP contribution in [0.2, 0.25) is 0 Å². The summed E-state index contributed by atoms with van der Waals surface area (Å²) in [5, 5.41) is 12.9. The van der Waals surface area contributed by atoms with Crippen molar-refractivity contribution in [3.05, 3.63) is 24.0 Å². The van der Waals surface area contributed by atoms with Gasteiger partial charge in [0.25, 0.3) is 0 Å². The molecule has 0 atom stereocenters. The first-order valence-corrected chi connectivity index (χ1v) is 9.31. The quantitative estimate of drug-likeness (QED) is 0.855. The number of likely N-dealkylation sites (tertiary alicyclic amines) is 1. The van der Waals surface area contributed by atoms with Gasteiger partial charge in [0, 0.05) is 6.07 Å². The molecule has 1 saturated carbocycles. The first kappa shape index (κ1) is 15.1. The van der Waals surface area contributed by atoms with Crippen LogP contribution in [-0.4, -0.2) is 45.0 Å². The van der Waals surface area contributed by atoms with Crippen molar-refractivity contribution in [3.8, 4) is 17.2 Å². The van der Waals surface area contributed by atoms with Gasteiger partial charge in [0.05, 0.1) is 11.2 Å². The molecule has 0 N–H and O–H groups in total. The van der Waals surface area contributed by atoms with Gasteiger partial charge in [0.15, 0.2) is 17.3 Å². The molecule has 0 radical (unpaired) electrons. The molecule has 0 amide bonds. The van der Waals surface area contributed by atoms with Gasteiger partial charge in [-0.1, -0.05) is 19.3 Å². The SMILES string of the molecule is c1cc2c(cc1-n1nnnc1C1(N3CCCC3)CCCCC1)OCO2. The van der Waals surface area contributed by atoms with Gasteiger partial charge in [-0.05, 0) is 61.3 Å². The van der Waals surface area contributed by atoms with Crippen LogP contribution in [0.1, 0.15) is 50.8 Å². The molecule has 0 unspecified atom stereocenters. The van der Waals surface area contributed by atoms with E-state index in [2.05, 4.69) is 20.4 Å². The van der Waals surface area contributed by atoms with E-state index in [0.29, 0.717) is 0 Å². The van der Waals surface area contributed by atoms with Crippen LogP contribution >= 0.6 is 0 Å². The summed E-state index contributed by atoms with van der Waals surface area (Å²) in [7, 11) is 0. The average molecular weight is 341 g/mol. The predicted octanol–water partition coefficient (Wildman–Crippen LogP) is 2.65. The van der Waals surface area contributed by atoms with Gasteiger partial charge in [0.1, 0.15) is 0 Å². The lowest BCUT2D eigenvalue weighted by Crippen LogP contribution is -2.47. The number of ether oxygens (including phenoxy) is 2. The summed E-state index contributed by atoms with van der Waals surface area (Å²) in [6.07, 6.45) is 8.60. The molecular weight excluding hydrogens is 318 g/mol. The second-order valence-corrected chi connectivity index (χ2v) is 7.24. The maximum Gasteiger partial charge on any atom is 0.231 e. The Bertz CT molecular complexity index is 763. The van der Waals surface area contributed by atoms with Crippen LogP contribution in [-0.2, 0) is 5.54 Å². The average Bonchev–Trinajstić information content (AvgIpc) is 3.42. The van der Waals surface area contributed by atoms with Gasteiger partial charge in [0.2, 0.25) is 6.79 Å². The summed E-state index contributed by atoms with van der Waals surface area (Å²) in [6, 6.07) is 5.92. The van der Waals surface area contributed by atoms with Crippen molar-refractivity contribution in [1.82, 2.24) is 25.1 Å². The predicted molar refractivity (Wildman–Crippen MR) is 90.8 cm³/mol. The first-order valence-electron chi connectivity index (χ1n) is 9.31. The number of hydrogen-bond donors (Lipinski definition) is 0. The summed E-state index contributed by atoms with van der Waals surface area (Å²) in [4.78, 5) is 2.63. The topological polar surface area (TPSA) is 65.3 Å². The number of rotatable bonds is 3. The number of benzene rings is 1. The number of tetrazole rings is 1. The minimum Gasteiger partial charge on any atom is -0.454 e. The monoisotopic (exact) mass is 341 g/mol. The Balaban J connectivity index is 1.58. The summed E-state index contributed by atoms with van der Waals surface area (Å²) in [5.41, 5.74) is 0.905. The fourth-order valence-electron chi connectivity index (χ4n) is 4.63. The molecule has 2 aliphatic heterocycles. The fraction of sp³-hybridized carbons (Fsp3) is 0.611. The molecule has 5 rings (SSSR count). The lowest BCUT2D eigenvalue weighted by Gasteiger charge is -2.43. The zero-order valence-electron chi connectivity index (χ0n) is 14.4. The van der Waals surface area contributed by atoms with E-state index in [1.165, 1.54) is 32.1 Å². The molecular formula is C18H23N5O2. The maximum absolute atomic E-state index is 5.53. The molecule has 7 heteroatoms. The van der Waals surface area contributed by atoms with Crippen LogP contribution in [0.5, 0.6) is 11.5 Å². The van der Waals surface area contributed by atoms with Crippen LogP contribution in [0.3, 0.4) is 0 Å². The highest BCUT2D eigenvalue weighted by atomic mass is 16.7. The van der Waals surface area contributed by atoms with Crippen molar-refractivity contribution in [1.29, 1.82) is 0 Å². The van der Waals surface area contributed by atoms with Crippen molar-refractivity contribution < 1.29 is 9.47 Å². The maximum atomic E-state index is 5.53. The second-order valence-electron chi connectivity index (χ2n) is 7.24. The van der Waals surface area contributed by atoms with E-state index in [-0.39, 0.29) is 12.3 Å². The molecule has 0 bridgehead atoms. The number of fused-ring (bicyclic) bond motifs is 1. The van der Waals surface area contributed by atoms with Crippen molar-refractivity contribution in [2.45, 2.75) is 50.5 Å². The molecule has 7 nitrogen and oxygen atoms in total. The Labute approximate surface area is 146 Å². The zero-order valence-corrected chi connectivity index (χ0v) is 14.4. The number of aromatic nitrogens is 4. The highest BCUT2D eigenvalue weighted by Crippen LogP contribution is 2.44. The highest BCUT2D eigenvalue weighted by Gasteiger charge is 2.45. The molecule has 3 aliphatic rings. The third kappa shape index (κ3) is 2.40. The van der Waals surface area contributed by atoms with E-state index in [1.54, 1.807) is 0 Å². The fourth-order valence-corrected chi connectivity index (χ4v) is 4.63.